The number of nitrogens with one attached hydrogen (secondary N) is 1. The summed E-state index contributed by atoms with van der Waals surface area (Å²) in [5, 5.41) is 11.5. The van der Waals surface area contributed by atoms with Crippen LogP contribution in [0, 0.1) is 6.92 Å². The van der Waals surface area contributed by atoms with Crippen molar-refractivity contribution in [3.05, 3.63) is 65.7 Å². The third-order valence-electron chi connectivity index (χ3n) is 5.32. The fraction of sp³-hybridized carbons (Fsp3) is 0.304. The number of alkyl halides is 3. The first kappa shape index (κ1) is 22.5. The third kappa shape index (κ3) is 4.89. The molecule has 0 saturated heterocycles. The molecule has 0 bridgehead atoms. The lowest BCUT2D eigenvalue weighted by Crippen LogP contribution is -2.26. The van der Waals surface area contributed by atoms with Gasteiger partial charge < -0.3 is 5.32 Å². The van der Waals surface area contributed by atoms with Crippen molar-refractivity contribution >= 4 is 16.8 Å². The quantitative estimate of drug-likeness (QED) is 0.417. The van der Waals surface area contributed by atoms with Gasteiger partial charge in [0, 0.05) is 42.5 Å². The van der Waals surface area contributed by atoms with Crippen LogP contribution in [0.4, 0.5) is 13.2 Å². The number of nitrogens with zero attached hydrogens (tertiary/aromatic N) is 5. The van der Waals surface area contributed by atoms with Crippen LogP contribution in [0.15, 0.2) is 48.8 Å². The van der Waals surface area contributed by atoms with E-state index in [9.17, 15) is 18.0 Å². The number of aromatic nitrogens is 5. The molecule has 0 aliphatic rings. The monoisotopic (exact) mass is 456 g/mol. The van der Waals surface area contributed by atoms with Gasteiger partial charge >= 0.3 is 6.18 Å². The Morgan fingerprint density at radius 1 is 1.18 bits per heavy atom. The van der Waals surface area contributed by atoms with Crippen LogP contribution in [-0.4, -0.2) is 37.0 Å². The summed E-state index contributed by atoms with van der Waals surface area (Å²) in [6.45, 7) is 4.84. The zero-order valence-corrected chi connectivity index (χ0v) is 18.2. The summed E-state index contributed by atoms with van der Waals surface area (Å²) < 4.78 is 41.6. The Labute approximate surface area is 188 Å². The first-order valence-corrected chi connectivity index (χ1v) is 10.6. The van der Waals surface area contributed by atoms with Crippen molar-refractivity contribution in [1.29, 1.82) is 0 Å². The van der Waals surface area contributed by atoms with Gasteiger partial charge in [-0.2, -0.15) is 23.4 Å². The Kier molecular flexibility index (Phi) is 6.17. The highest BCUT2D eigenvalue weighted by Gasteiger charge is 2.34. The molecule has 4 aromatic rings. The van der Waals surface area contributed by atoms with Crippen LogP contribution in [-0.2, 0) is 19.3 Å². The van der Waals surface area contributed by atoms with Crippen molar-refractivity contribution in [2.45, 2.75) is 39.5 Å². The fourth-order valence-corrected chi connectivity index (χ4v) is 3.58. The molecular weight excluding hydrogens is 433 g/mol. The zero-order chi connectivity index (χ0) is 23.6. The molecule has 1 aromatic carbocycles. The predicted octanol–water partition coefficient (Wildman–Crippen LogP) is 4.46. The molecule has 0 aliphatic heterocycles. The summed E-state index contributed by atoms with van der Waals surface area (Å²) in [6.07, 6.45) is -0.451. The minimum Gasteiger partial charge on any atom is -0.352 e. The molecule has 0 fully saturated rings. The Hall–Kier alpha value is -3.69. The lowest BCUT2D eigenvalue weighted by Gasteiger charge is -2.10. The van der Waals surface area contributed by atoms with E-state index >= 15 is 0 Å². The van der Waals surface area contributed by atoms with E-state index in [0.29, 0.717) is 35.4 Å². The zero-order valence-electron chi connectivity index (χ0n) is 18.2. The average Bonchev–Trinajstić information content (AvgIpc) is 3.42. The number of carbonyl (C=O) groups excluding carboxylic acids is 1. The molecule has 0 radical (unpaired) electrons. The Morgan fingerprint density at radius 2 is 1.97 bits per heavy atom. The highest BCUT2D eigenvalue weighted by atomic mass is 19.4. The number of amides is 1. The molecule has 7 nitrogen and oxygen atoms in total. The Bertz CT molecular complexity index is 1290. The SMILES string of the molecule is CCn1cc(-c2cc(C(=O)NCCCn3nc(C(F)(F)F)cc3C)c3ccccc3n2)cn1. The first-order valence-electron chi connectivity index (χ1n) is 10.6. The predicted molar refractivity (Wildman–Crippen MR) is 118 cm³/mol. The van der Waals surface area contributed by atoms with Crippen LogP contribution in [0.1, 0.15) is 35.1 Å². The van der Waals surface area contributed by atoms with E-state index in [1.165, 1.54) is 4.68 Å². The highest BCUT2D eigenvalue weighted by molar-refractivity contribution is 6.07. The van der Waals surface area contributed by atoms with Gasteiger partial charge in [-0.05, 0) is 38.5 Å². The summed E-state index contributed by atoms with van der Waals surface area (Å²) in [7, 11) is 0. The lowest BCUT2D eigenvalue weighted by atomic mass is 10.0. The number of aryl methyl sites for hydroxylation is 3. The summed E-state index contributed by atoms with van der Waals surface area (Å²) in [6, 6.07) is 10.1. The van der Waals surface area contributed by atoms with E-state index in [1.54, 1.807) is 23.9 Å². The second kappa shape index (κ2) is 9.05. The van der Waals surface area contributed by atoms with Gasteiger partial charge in [0.2, 0.25) is 0 Å². The molecule has 3 heterocycles. The van der Waals surface area contributed by atoms with E-state index in [2.05, 4.69) is 20.5 Å². The number of hydrogen-bond donors (Lipinski definition) is 1. The van der Waals surface area contributed by atoms with Crippen molar-refractivity contribution in [2.24, 2.45) is 0 Å². The van der Waals surface area contributed by atoms with E-state index < -0.39 is 11.9 Å². The molecule has 0 unspecified atom stereocenters. The van der Waals surface area contributed by atoms with Crippen LogP contribution in [0.2, 0.25) is 0 Å². The fourth-order valence-electron chi connectivity index (χ4n) is 3.58. The maximum absolute atomic E-state index is 13.0. The van der Waals surface area contributed by atoms with Crippen LogP contribution >= 0.6 is 0 Å². The summed E-state index contributed by atoms with van der Waals surface area (Å²) >= 11 is 0. The Balaban J connectivity index is 1.48. The molecule has 1 amide bonds. The third-order valence-corrected chi connectivity index (χ3v) is 5.32. The number of pyridine rings is 1. The van der Waals surface area contributed by atoms with Crippen molar-refractivity contribution < 1.29 is 18.0 Å². The molecule has 33 heavy (non-hydrogen) atoms. The number of benzene rings is 1. The normalized spacial score (nSPS) is 11.8. The van der Waals surface area contributed by atoms with E-state index in [-0.39, 0.29) is 12.5 Å². The maximum Gasteiger partial charge on any atom is 0.435 e. The van der Waals surface area contributed by atoms with Gasteiger partial charge in [-0.25, -0.2) is 4.98 Å². The second-order valence-electron chi connectivity index (χ2n) is 7.66. The van der Waals surface area contributed by atoms with Crippen molar-refractivity contribution in [2.75, 3.05) is 6.54 Å². The van der Waals surface area contributed by atoms with E-state index in [4.69, 9.17) is 0 Å². The minimum atomic E-state index is -4.47. The minimum absolute atomic E-state index is 0.265. The van der Waals surface area contributed by atoms with Gasteiger partial charge in [0.1, 0.15) is 0 Å². The van der Waals surface area contributed by atoms with Crippen molar-refractivity contribution in [3.63, 3.8) is 0 Å². The van der Waals surface area contributed by atoms with Crippen LogP contribution in [0.3, 0.4) is 0 Å². The molecule has 0 spiro atoms. The molecule has 0 aliphatic carbocycles. The molecular formula is C23H23F3N6O. The number of halogens is 3. The number of para-hydroxylation sites is 1. The molecule has 0 atom stereocenters. The molecule has 172 valence electrons. The van der Waals surface area contributed by atoms with Gasteiger partial charge in [0.05, 0.1) is 23.0 Å². The Morgan fingerprint density at radius 3 is 2.67 bits per heavy atom. The van der Waals surface area contributed by atoms with Gasteiger partial charge in [0.15, 0.2) is 5.69 Å². The lowest BCUT2D eigenvalue weighted by molar-refractivity contribution is -0.141. The highest BCUT2D eigenvalue weighted by Crippen LogP contribution is 2.28. The summed E-state index contributed by atoms with van der Waals surface area (Å²) in [4.78, 5) is 17.7. The summed E-state index contributed by atoms with van der Waals surface area (Å²) in [5.41, 5.74) is 2.14. The van der Waals surface area contributed by atoms with E-state index in [0.717, 1.165) is 23.6 Å². The maximum atomic E-state index is 13.0. The smallest absolute Gasteiger partial charge is 0.352 e. The standard InChI is InChI=1S/C23H23F3N6O/c1-3-31-14-16(13-28-31)20-12-18(17-7-4-5-8-19(17)29-20)22(33)27-9-6-10-32-15(2)11-21(30-32)23(24,25)26/h4-5,7-8,11-14H,3,6,9-10H2,1-2H3,(H,27,33). The summed E-state index contributed by atoms with van der Waals surface area (Å²) in [5.74, 6) is -0.272. The van der Waals surface area contributed by atoms with Gasteiger partial charge in [0.25, 0.3) is 5.91 Å². The van der Waals surface area contributed by atoms with Gasteiger partial charge in [-0.3, -0.25) is 14.2 Å². The average molecular weight is 456 g/mol. The number of rotatable bonds is 7. The second-order valence-corrected chi connectivity index (χ2v) is 7.66. The number of fused-ring (bicyclic) bond motifs is 1. The molecule has 1 N–H and O–H groups in total. The molecule has 3 aromatic heterocycles. The van der Waals surface area contributed by atoms with E-state index in [1.807, 2.05) is 37.4 Å². The molecule has 0 saturated carbocycles. The van der Waals surface area contributed by atoms with Crippen molar-refractivity contribution in [3.8, 4) is 11.3 Å². The van der Waals surface area contributed by atoms with Gasteiger partial charge in [-0.15, -0.1) is 0 Å². The van der Waals surface area contributed by atoms with Crippen molar-refractivity contribution in [1.82, 2.24) is 29.9 Å². The first-order chi connectivity index (χ1) is 15.8. The van der Waals surface area contributed by atoms with Crippen LogP contribution in [0.25, 0.3) is 22.2 Å². The number of hydrogen-bond acceptors (Lipinski definition) is 4. The molecule has 10 heteroatoms. The number of carbonyl (C=O) groups is 1. The van der Waals surface area contributed by atoms with Crippen LogP contribution in [0.5, 0.6) is 0 Å². The topological polar surface area (TPSA) is 77.6 Å². The largest absolute Gasteiger partial charge is 0.435 e. The van der Waals surface area contributed by atoms with Crippen LogP contribution < -0.4 is 5.32 Å². The van der Waals surface area contributed by atoms with Gasteiger partial charge in [-0.1, -0.05) is 18.2 Å². The molecule has 4 rings (SSSR count).